The molecule has 1 aromatic carbocycles. The van der Waals surface area contributed by atoms with Crippen molar-refractivity contribution in [2.75, 3.05) is 13.1 Å². The Hall–Kier alpha value is -3.43. The van der Waals surface area contributed by atoms with Gasteiger partial charge in [-0.3, -0.25) is 24.6 Å². The van der Waals surface area contributed by atoms with E-state index in [0.29, 0.717) is 18.5 Å². The van der Waals surface area contributed by atoms with Crippen LogP contribution in [0.25, 0.3) is 15.8 Å². The van der Waals surface area contributed by atoms with Crippen molar-refractivity contribution in [3.63, 3.8) is 0 Å². The molecule has 35 heavy (non-hydrogen) atoms. The molecule has 1 fully saturated rings. The molecule has 0 saturated carbocycles. The number of nitrogens with one attached hydrogen (secondary N) is 1. The van der Waals surface area contributed by atoms with Crippen molar-refractivity contribution < 1.29 is 14.4 Å². The zero-order valence-electron chi connectivity index (χ0n) is 19.4. The maximum atomic E-state index is 12.9. The van der Waals surface area contributed by atoms with Crippen LogP contribution in [0.5, 0.6) is 0 Å². The van der Waals surface area contributed by atoms with Crippen molar-refractivity contribution in [1.29, 1.82) is 0 Å². The van der Waals surface area contributed by atoms with Crippen molar-refractivity contribution in [2.24, 2.45) is 0 Å². The summed E-state index contributed by atoms with van der Waals surface area (Å²) in [6.45, 7) is 5.06. The standard InChI is InChI=1S/C26H25N5O3S/c1-15-10-20-23(27-14-28-25(20)35-15)17-6-8-30(9-7-17)12-16-2-3-19-18(11-16)13-31(26(19)34)21-4-5-22(32)29-24(21)33/h2-3,6,10-11,14,21H,4-5,7-9,12-13H2,1H3,(H,29,32,33). The fourth-order valence-corrected chi connectivity index (χ4v) is 6.13. The molecule has 1 N–H and O–H groups in total. The zero-order valence-corrected chi connectivity index (χ0v) is 20.2. The van der Waals surface area contributed by atoms with Gasteiger partial charge in [-0.05, 0) is 48.6 Å². The number of carbonyl (C=O) groups is 3. The fraction of sp³-hybridized carbons (Fsp3) is 0.346. The Bertz CT molecular complexity index is 1410. The number of aromatic nitrogens is 2. The first-order chi connectivity index (χ1) is 17.0. The third kappa shape index (κ3) is 4.04. The summed E-state index contributed by atoms with van der Waals surface area (Å²) in [5.41, 5.74) is 5.06. The predicted molar refractivity (Wildman–Crippen MR) is 133 cm³/mol. The Morgan fingerprint density at radius 3 is 2.83 bits per heavy atom. The zero-order chi connectivity index (χ0) is 24.1. The van der Waals surface area contributed by atoms with E-state index in [-0.39, 0.29) is 24.1 Å². The highest BCUT2D eigenvalue weighted by Gasteiger charge is 2.39. The van der Waals surface area contributed by atoms with Crippen LogP contribution < -0.4 is 5.32 Å². The van der Waals surface area contributed by atoms with Gasteiger partial charge in [-0.2, -0.15) is 0 Å². The summed E-state index contributed by atoms with van der Waals surface area (Å²) < 4.78 is 0. The van der Waals surface area contributed by atoms with Gasteiger partial charge in [0.1, 0.15) is 17.2 Å². The van der Waals surface area contributed by atoms with Crippen LogP contribution in [-0.2, 0) is 22.7 Å². The smallest absolute Gasteiger partial charge is 0.255 e. The summed E-state index contributed by atoms with van der Waals surface area (Å²) in [6, 6.07) is 7.56. The van der Waals surface area contributed by atoms with Crippen molar-refractivity contribution >= 4 is 44.8 Å². The van der Waals surface area contributed by atoms with Crippen LogP contribution in [0.2, 0.25) is 0 Å². The van der Waals surface area contributed by atoms with Gasteiger partial charge in [-0.25, -0.2) is 9.97 Å². The molecule has 3 amide bonds. The molecule has 8 nitrogen and oxygen atoms in total. The van der Waals surface area contributed by atoms with Crippen LogP contribution in [0.15, 0.2) is 36.7 Å². The highest BCUT2D eigenvalue weighted by atomic mass is 32.1. The first kappa shape index (κ1) is 22.1. The van der Waals surface area contributed by atoms with Gasteiger partial charge in [-0.1, -0.05) is 18.2 Å². The molecule has 2 aromatic heterocycles. The molecular weight excluding hydrogens is 462 g/mol. The molecule has 1 atom stereocenters. The minimum Gasteiger partial charge on any atom is -0.322 e. The summed E-state index contributed by atoms with van der Waals surface area (Å²) >= 11 is 1.70. The average molecular weight is 488 g/mol. The van der Waals surface area contributed by atoms with E-state index < -0.39 is 6.04 Å². The number of amides is 3. The molecule has 6 rings (SSSR count). The van der Waals surface area contributed by atoms with E-state index in [1.54, 1.807) is 22.6 Å². The largest absolute Gasteiger partial charge is 0.322 e. The van der Waals surface area contributed by atoms with Crippen molar-refractivity contribution in [3.8, 4) is 0 Å². The van der Waals surface area contributed by atoms with E-state index in [0.717, 1.165) is 53.1 Å². The summed E-state index contributed by atoms with van der Waals surface area (Å²) in [5.74, 6) is -0.783. The maximum Gasteiger partial charge on any atom is 0.255 e. The predicted octanol–water partition coefficient (Wildman–Crippen LogP) is 3.05. The summed E-state index contributed by atoms with van der Waals surface area (Å²) in [6.07, 6.45) is 5.49. The number of thiophene rings is 1. The van der Waals surface area contributed by atoms with Gasteiger partial charge in [0.25, 0.3) is 5.91 Å². The first-order valence-electron chi connectivity index (χ1n) is 11.9. The number of piperidine rings is 1. The lowest BCUT2D eigenvalue weighted by atomic mass is 10.0. The van der Waals surface area contributed by atoms with Gasteiger partial charge in [0.2, 0.25) is 11.8 Å². The highest BCUT2D eigenvalue weighted by molar-refractivity contribution is 7.18. The van der Waals surface area contributed by atoms with E-state index >= 15 is 0 Å². The molecule has 0 bridgehead atoms. The molecule has 3 aliphatic rings. The lowest BCUT2D eigenvalue weighted by molar-refractivity contribution is -0.136. The SMILES string of the molecule is Cc1cc2c(C3=CCN(Cc4ccc5c(c4)CN(C4CCC(=O)NC4=O)C5=O)CC3)ncnc2s1. The second-order valence-electron chi connectivity index (χ2n) is 9.40. The molecule has 0 radical (unpaired) electrons. The Kier molecular flexibility index (Phi) is 5.46. The van der Waals surface area contributed by atoms with E-state index in [2.05, 4.69) is 45.3 Å². The van der Waals surface area contributed by atoms with Crippen LogP contribution in [0.4, 0.5) is 0 Å². The van der Waals surface area contributed by atoms with Crippen molar-refractivity contribution in [1.82, 2.24) is 25.1 Å². The number of nitrogens with zero attached hydrogens (tertiary/aromatic N) is 4. The Balaban J connectivity index is 1.14. The molecule has 1 saturated heterocycles. The van der Waals surface area contributed by atoms with E-state index in [1.165, 1.54) is 10.5 Å². The van der Waals surface area contributed by atoms with Gasteiger partial charge in [0.05, 0.1) is 5.69 Å². The number of imide groups is 1. The van der Waals surface area contributed by atoms with Gasteiger partial charge in [-0.15, -0.1) is 11.3 Å². The second-order valence-corrected chi connectivity index (χ2v) is 10.6. The highest BCUT2D eigenvalue weighted by Crippen LogP contribution is 2.32. The molecule has 0 spiro atoms. The molecule has 9 heteroatoms. The molecule has 3 aromatic rings. The van der Waals surface area contributed by atoms with Gasteiger partial charge >= 0.3 is 0 Å². The quantitative estimate of drug-likeness (QED) is 0.569. The van der Waals surface area contributed by atoms with Gasteiger partial charge in [0, 0.05) is 48.4 Å². The number of carbonyl (C=O) groups excluding carboxylic acids is 3. The van der Waals surface area contributed by atoms with Crippen molar-refractivity contribution in [2.45, 2.75) is 45.3 Å². The topological polar surface area (TPSA) is 95.5 Å². The summed E-state index contributed by atoms with van der Waals surface area (Å²) in [7, 11) is 0. The van der Waals surface area contributed by atoms with Crippen LogP contribution in [0.3, 0.4) is 0 Å². The number of fused-ring (bicyclic) bond motifs is 2. The van der Waals surface area contributed by atoms with Crippen LogP contribution in [0, 0.1) is 6.92 Å². The second kappa shape index (κ2) is 8.66. The number of benzene rings is 1. The molecular formula is C26H25N5O3S. The molecule has 1 unspecified atom stereocenters. The third-order valence-corrected chi connectivity index (χ3v) is 8.00. The number of hydrogen-bond donors (Lipinski definition) is 1. The molecule has 178 valence electrons. The fourth-order valence-electron chi connectivity index (χ4n) is 5.29. The maximum absolute atomic E-state index is 12.9. The van der Waals surface area contributed by atoms with Gasteiger partial charge in [0.15, 0.2) is 0 Å². The number of rotatable bonds is 4. The van der Waals surface area contributed by atoms with Crippen LogP contribution in [0.1, 0.15) is 51.3 Å². The Morgan fingerprint density at radius 2 is 2.03 bits per heavy atom. The molecule has 3 aliphatic heterocycles. The van der Waals surface area contributed by atoms with Gasteiger partial charge < -0.3 is 4.90 Å². The summed E-state index contributed by atoms with van der Waals surface area (Å²) in [4.78, 5) is 51.9. The van der Waals surface area contributed by atoms with Crippen LogP contribution >= 0.6 is 11.3 Å². The third-order valence-electron chi connectivity index (χ3n) is 7.04. The Morgan fingerprint density at radius 1 is 1.14 bits per heavy atom. The lowest BCUT2D eigenvalue weighted by Gasteiger charge is -2.29. The lowest BCUT2D eigenvalue weighted by Crippen LogP contribution is -2.52. The minimum atomic E-state index is -0.582. The normalized spacial score (nSPS) is 20.8. The number of hydrogen-bond acceptors (Lipinski definition) is 7. The Labute approximate surface area is 206 Å². The van der Waals surface area contributed by atoms with E-state index in [1.807, 2.05) is 12.1 Å². The number of aryl methyl sites for hydroxylation is 1. The first-order valence-corrected chi connectivity index (χ1v) is 12.7. The van der Waals surface area contributed by atoms with Crippen LogP contribution in [-0.4, -0.2) is 56.6 Å². The minimum absolute atomic E-state index is 0.133. The molecule has 0 aliphatic carbocycles. The monoisotopic (exact) mass is 487 g/mol. The summed E-state index contributed by atoms with van der Waals surface area (Å²) in [5, 5.41) is 3.49. The van der Waals surface area contributed by atoms with E-state index in [4.69, 9.17) is 0 Å². The average Bonchev–Trinajstić information content (AvgIpc) is 3.38. The molecule has 5 heterocycles. The van der Waals surface area contributed by atoms with Crippen molar-refractivity contribution in [3.05, 3.63) is 63.9 Å². The van der Waals surface area contributed by atoms with E-state index in [9.17, 15) is 14.4 Å².